The van der Waals surface area contributed by atoms with Gasteiger partial charge in [0.05, 0.1) is 19.1 Å². The Morgan fingerprint density at radius 2 is 1.82 bits per heavy atom. The fourth-order valence-electron chi connectivity index (χ4n) is 2.30. The summed E-state index contributed by atoms with van der Waals surface area (Å²) < 4.78 is 6.70. The van der Waals surface area contributed by atoms with Gasteiger partial charge in [0.25, 0.3) is 0 Å². The maximum atomic E-state index is 12.1. The van der Waals surface area contributed by atoms with E-state index in [9.17, 15) is 9.59 Å². The number of ether oxygens (including phenoxy) is 1. The second-order valence-corrected chi connectivity index (χ2v) is 5.25. The van der Waals surface area contributed by atoms with Gasteiger partial charge < -0.3 is 14.6 Å². The average molecular weight is 300 g/mol. The number of nitrogens with one attached hydrogen (secondary N) is 1. The third-order valence-electron chi connectivity index (χ3n) is 3.82. The van der Waals surface area contributed by atoms with Crippen LogP contribution in [0.1, 0.15) is 27.3 Å². The van der Waals surface area contributed by atoms with Gasteiger partial charge in [-0.05, 0) is 49.7 Å². The van der Waals surface area contributed by atoms with Crippen LogP contribution in [0.15, 0.2) is 30.3 Å². The Labute approximate surface area is 129 Å². The maximum Gasteiger partial charge on any atom is 0.337 e. The summed E-state index contributed by atoms with van der Waals surface area (Å²) in [5.41, 5.74) is 4.35. The van der Waals surface area contributed by atoms with Crippen LogP contribution in [0, 0.1) is 13.8 Å². The fourth-order valence-corrected chi connectivity index (χ4v) is 2.30. The Hall–Kier alpha value is -2.56. The van der Waals surface area contributed by atoms with Gasteiger partial charge in [0.2, 0.25) is 5.91 Å². The van der Waals surface area contributed by atoms with E-state index in [4.69, 9.17) is 0 Å². The zero-order valence-electron chi connectivity index (χ0n) is 13.3. The van der Waals surface area contributed by atoms with Gasteiger partial charge in [-0.3, -0.25) is 4.79 Å². The van der Waals surface area contributed by atoms with Crippen LogP contribution in [0.3, 0.4) is 0 Å². The average Bonchev–Trinajstić information content (AvgIpc) is 2.74. The molecule has 5 heteroatoms. The summed E-state index contributed by atoms with van der Waals surface area (Å²) in [5, 5.41) is 2.83. The van der Waals surface area contributed by atoms with E-state index in [0.717, 1.165) is 17.0 Å². The largest absolute Gasteiger partial charge is 0.465 e. The highest BCUT2D eigenvalue weighted by molar-refractivity contribution is 5.94. The molecule has 0 saturated heterocycles. The number of anilines is 1. The molecule has 0 aliphatic carbocycles. The molecule has 116 valence electrons. The Morgan fingerprint density at radius 1 is 1.18 bits per heavy atom. The summed E-state index contributed by atoms with van der Waals surface area (Å²) in [6, 6.07) is 8.65. The fraction of sp³-hybridized carbons (Fsp3) is 0.294. The maximum absolute atomic E-state index is 12.1. The number of carbonyl (C=O) groups is 2. The van der Waals surface area contributed by atoms with E-state index in [2.05, 4.69) is 14.6 Å². The molecule has 0 radical (unpaired) electrons. The Balaban J connectivity index is 2.03. The van der Waals surface area contributed by atoms with E-state index in [1.165, 1.54) is 7.11 Å². The van der Waals surface area contributed by atoms with Crippen molar-refractivity contribution in [3.63, 3.8) is 0 Å². The second kappa shape index (κ2) is 6.47. The number of benzene rings is 1. The Bertz CT molecular complexity index is 699. The number of aromatic nitrogens is 1. The minimum Gasteiger partial charge on any atom is -0.465 e. The monoisotopic (exact) mass is 300 g/mol. The van der Waals surface area contributed by atoms with Crippen LogP contribution >= 0.6 is 0 Å². The number of rotatable bonds is 4. The highest BCUT2D eigenvalue weighted by Gasteiger charge is 2.11. The summed E-state index contributed by atoms with van der Waals surface area (Å²) in [4.78, 5) is 23.5. The third kappa shape index (κ3) is 3.36. The van der Waals surface area contributed by atoms with Crippen molar-refractivity contribution in [3.8, 4) is 0 Å². The number of nitrogens with zero attached hydrogens (tertiary/aromatic N) is 1. The minimum absolute atomic E-state index is 0.0838. The molecule has 0 aliphatic rings. The molecule has 2 aromatic rings. The van der Waals surface area contributed by atoms with Gasteiger partial charge in [-0.2, -0.15) is 0 Å². The normalized spacial score (nSPS) is 10.4. The number of hydrogen-bond acceptors (Lipinski definition) is 3. The van der Waals surface area contributed by atoms with Crippen molar-refractivity contribution in [1.29, 1.82) is 0 Å². The van der Waals surface area contributed by atoms with Gasteiger partial charge >= 0.3 is 5.97 Å². The standard InChI is InChI=1S/C17H20N2O3/c1-11-9-14(12(2)19(11)3)10-16(20)18-15-7-5-13(6-8-15)17(21)22-4/h5-9H,10H2,1-4H3,(H,18,20). The molecule has 0 saturated carbocycles. The predicted molar refractivity (Wildman–Crippen MR) is 85.0 cm³/mol. The molecule has 1 aromatic carbocycles. The molecule has 1 aromatic heterocycles. The lowest BCUT2D eigenvalue weighted by molar-refractivity contribution is -0.115. The first kappa shape index (κ1) is 15.8. The molecule has 0 unspecified atom stereocenters. The lowest BCUT2D eigenvalue weighted by Crippen LogP contribution is -2.15. The number of methoxy groups -OCH3 is 1. The zero-order valence-corrected chi connectivity index (χ0v) is 13.3. The van der Waals surface area contributed by atoms with Gasteiger partial charge in [-0.25, -0.2) is 4.79 Å². The molecule has 0 atom stereocenters. The zero-order chi connectivity index (χ0) is 16.3. The van der Waals surface area contributed by atoms with Crippen molar-refractivity contribution < 1.29 is 14.3 Å². The number of carbonyl (C=O) groups excluding carboxylic acids is 2. The Morgan fingerprint density at radius 3 is 2.32 bits per heavy atom. The second-order valence-electron chi connectivity index (χ2n) is 5.25. The molecule has 2 rings (SSSR count). The smallest absolute Gasteiger partial charge is 0.337 e. The lowest BCUT2D eigenvalue weighted by atomic mass is 10.1. The third-order valence-corrected chi connectivity index (χ3v) is 3.82. The van der Waals surface area contributed by atoms with Crippen molar-refractivity contribution in [2.75, 3.05) is 12.4 Å². The van der Waals surface area contributed by atoms with Crippen LogP contribution in [0.2, 0.25) is 0 Å². The molecule has 1 heterocycles. The van der Waals surface area contributed by atoms with E-state index in [0.29, 0.717) is 17.7 Å². The summed E-state index contributed by atoms with van der Waals surface area (Å²) in [6.07, 6.45) is 0.326. The van der Waals surface area contributed by atoms with Crippen LogP contribution in [-0.2, 0) is 23.0 Å². The molecule has 0 fully saturated rings. The lowest BCUT2D eigenvalue weighted by Gasteiger charge is -2.06. The molecule has 22 heavy (non-hydrogen) atoms. The van der Waals surface area contributed by atoms with E-state index < -0.39 is 5.97 Å². The van der Waals surface area contributed by atoms with Crippen molar-refractivity contribution in [1.82, 2.24) is 4.57 Å². The molecule has 1 amide bonds. The van der Waals surface area contributed by atoms with Crippen molar-refractivity contribution in [2.45, 2.75) is 20.3 Å². The van der Waals surface area contributed by atoms with Gasteiger partial charge in [-0.1, -0.05) is 0 Å². The summed E-state index contributed by atoms with van der Waals surface area (Å²) in [7, 11) is 3.32. The molecular weight excluding hydrogens is 280 g/mol. The van der Waals surface area contributed by atoms with Crippen molar-refractivity contribution in [2.24, 2.45) is 7.05 Å². The predicted octanol–water partition coefficient (Wildman–Crippen LogP) is 2.61. The molecule has 0 spiro atoms. The van der Waals surface area contributed by atoms with E-state index >= 15 is 0 Å². The summed E-state index contributed by atoms with van der Waals surface area (Å²) >= 11 is 0. The summed E-state index contributed by atoms with van der Waals surface area (Å²) in [6.45, 7) is 4.01. The summed E-state index contributed by atoms with van der Waals surface area (Å²) in [5.74, 6) is -0.479. The van der Waals surface area contributed by atoms with Crippen LogP contribution in [0.4, 0.5) is 5.69 Å². The van der Waals surface area contributed by atoms with Gasteiger partial charge in [0.1, 0.15) is 0 Å². The molecule has 1 N–H and O–H groups in total. The highest BCUT2D eigenvalue weighted by atomic mass is 16.5. The van der Waals surface area contributed by atoms with E-state index in [-0.39, 0.29) is 5.91 Å². The van der Waals surface area contributed by atoms with Crippen LogP contribution in [0.25, 0.3) is 0 Å². The van der Waals surface area contributed by atoms with Crippen LogP contribution < -0.4 is 5.32 Å². The quantitative estimate of drug-likeness (QED) is 0.883. The van der Waals surface area contributed by atoms with E-state index in [1.54, 1.807) is 24.3 Å². The number of hydrogen-bond donors (Lipinski definition) is 1. The first-order valence-electron chi connectivity index (χ1n) is 7.02. The molecule has 0 aliphatic heterocycles. The molecule has 0 bridgehead atoms. The van der Waals surface area contributed by atoms with Crippen molar-refractivity contribution in [3.05, 3.63) is 52.8 Å². The molecular formula is C17H20N2O3. The number of esters is 1. The molecule has 5 nitrogen and oxygen atoms in total. The first-order valence-corrected chi connectivity index (χ1v) is 7.02. The van der Waals surface area contributed by atoms with Gasteiger partial charge in [0.15, 0.2) is 0 Å². The minimum atomic E-state index is -0.395. The number of aryl methyl sites for hydroxylation is 1. The van der Waals surface area contributed by atoms with Crippen molar-refractivity contribution >= 4 is 17.6 Å². The van der Waals surface area contributed by atoms with Crippen LogP contribution in [-0.4, -0.2) is 23.6 Å². The van der Waals surface area contributed by atoms with Gasteiger partial charge in [0, 0.05) is 24.1 Å². The first-order chi connectivity index (χ1) is 10.4. The highest BCUT2D eigenvalue weighted by Crippen LogP contribution is 2.15. The van der Waals surface area contributed by atoms with Gasteiger partial charge in [-0.15, -0.1) is 0 Å². The number of amides is 1. The SMILES string of the molecule is COC(=O)c1ccc(NC(=O)Cc2cc(C)n(C)c2C)cc1. The van der Waals surface area contributed by atoms with Crippen LogP contribution in [0.5, 0.6) is 0 Å². The topological polar surface area (TPSA) is 60.3 Å². The van der Waals surface area contributed by atoms with E-state index in [1.807, 2.05) is 27.0 Å². The Kier molecular flexibility index (Phi) is 4.65.